The van der Waals surface area contributed by atoms with Crippen LogP contribution in [0.15, 0.2) is 49.1 Å². The Morgan fingerprint density at radius 3 is 1.96 bits per heavy atom. The molecular weight excluding hydrogens is 981 g/mol. The summed E-state index contributed by atoms with van der Waals surface area (Å²) in [5, 5.41) is 33.8. The topological polar surface area (TPSA) is 226 Å². The molecule has 0 aromatic heterocycles. The van der Waals surface area contributed by atoms with Gasteiger partial charge >= 0.3 is 10.4 Å². The summed E-state index contributed by atoms with van der Waals surface area (Å²) in [4.78, 5) is 0. The van der Waals surface area contributed by atoms with Crippen molar-refractivity contribution in [3.05, 3.63) is 49.1 Å². The lowest BCUT2D eigenvalue weighted by Crippen LogP contribution is -2.74. The number of fused-ring (bicyclic) bond motifs is 10. The maximum Gasteiger partial charge on any atom is 0.397 e. The van der Waals surface area contributed by atoms with E-state index in [4.69, 9.17) is 56.3 Å². The predicted molar refractivity (Wildman–Crippen MR) is 265 cm³/mol. The number of aliphatic hydroxyl groups is 3. The highest BCUT2D eigenvalue weighted by atomic mass is 32.3. The predicted octanol–water partition coefficient (Wildman–Crippen LogP) is 5.23. The molecule has 11 heterocycles. The van der Waals surface area contributed by atoms with E-state index < -0.39 is 93.3 Å². The van der Waals surface area contributed by atoms with Gasteiger partial charge in [-0.25, -0.2) is 4.18 Å². The second kappa shape index (κ2) is 19.8. The van der Waals surface area contributed by atoms with Crippen LogP contribution < -0.4 is 0 Å². The lowest BCUT2D eigenvalue weighted by molar-refractivity contribution is -0.369. The fourth-order valence-corrected chi connectivity index (χ4v) is 15.7. The maximum absolute atomic E-state index is 12.3. The van der Waals surface area contributed by atoms with Gasteiger partial charge in [0.05, 0.1) is 114 Å². The summed E-state index contributed by atoms with van der Waals surface area (Å²) in [5.74, 6) is 0.0923. The van der Waals surface area contributed by atoms with Crippen LogP contribution in [0.25, 0.3) is 0 Å². The molecular formula is C55H82O18S. The molecule has 19 heteroatoms. The summed E-state index contributed by atoms with van der Waals surface area (Å²) in [7, 11) is -4.78. The van der Waals surface area contributed by atoms with Crippen molar-refractivity contribution in [3.63, 3.8) is 0 Å². The molecule has 0 aromatic rings. The summed E-state index contributed by atoms with van der Waals surface area (Å²) in [5.41, 5.74) is -3.28. The van der Waals surface area contributed by atoms with Gasteiger partial charge in [-0.1, -0.05) is 43.9 Å². The molecule has 0 aromatic carbocycles. The van der Waals surface area contributed by atoms with Crippen molar-refractivity contribution in [2.75, 3.05) is 6.61 Å². The first-order chi connectivity index (χ1) is 34.9. The van der Waals surface area contributed by atoms with E-state index in [0.29, 0.717) is 56.9 Å². The minimum Gasteiger partial charge on any atom is -0.396 e. The Morgan fingerprint density at radius 1 is 0.730 bits per heavy atom. The summed E-state index contributed by atoms with van der Waals surface area (Å²) in [6, 6.07) is 0. The van der Waals surface area contributed by atoms with Crippen LogP contribution in [0.4, 0.5) is 0 Å². The van der Waals surface area contributed by atoms with Gasteiger partial charge in [-0.2, -0.15) is 8.42 Å². The Hall–Kier alpha value is -1.73. The largest absolute Gasteiger partial charge is 0.397 e. The van der Waals surface area contributed by atoms with Gasteiger partial charge in [0.15, 0.2) is 0 Å². The van der Waals surface area contributed by atoms with Crippen LogP contribution in [0.2, 0.25) is 0 Å². The minimum absolute atomic E-state index is 0.0923. The van der Waals surface area contributed by atoms with Crippen LogP contribution in [-0.4, -0.2) is 185 Å². The fraction of sp³-hybridized carbons (Fsp3) is 0.855. The maximum atomic E-state index is 12.3. The standard InChI is InChI=1S/C55H82O18S/c1-10-11-28(2)12-15-51(5,58)50-30(4)20-39-38(68-50)26-46-55(9,71-39)49(57)48-42(67-46)24-41-47(69-48)29(3)13-16-53(7)44(66-41)27-43-54(8,73-53)17-14-31-32(65-43)21-34-33(62-31)22-35-36(63-34)23-40-37(64-35)25-45(72-74(59,60)61)52(6,70-40)18-19-56/h10,12,15,29,31-50,56-58H,1-2,4,11,13-14,16-27H2,3,5-9H3,(H,59,60,61)/b15-12+. The van der Waals surface area contributed by atoms with Gasteiger partial charge in [-0.05, 0) is 84.6 Å². The molecule has 0 radical (unpaired) electrons. The molecule has 416 valence electrons. The molecule has 4 N–H and O–H groups in total. The Balaban J connectivity index is 0.754. The van der Waals surface area contributed by atoms with E-state index in [-0.39, 0.29) is 92.5 Å². The Morgan fingerprint density at radius 2 is 1.30 bits per heavy atom. The summed E-state index contributed by atoms with van der Waals surface area (Å²) >= 11 is 0. The average molecular weight is 1060 g/mol. The smallest absolute Gasteiger partial charge is 0.396 e. The van der Waals surface area contributed by atoms with Gasteiger partial charge in [-0.15, -0.1) is 6.58 Å². The second-order valence-electron chi connectivity index (χ2n) is 25.0. The quantitative estimate of drug-likeness (QED) is 0.132. The number of hydrogen-bond donors (Lipinski definition) is 4. The van der Waals surface area contributed by atoms with Gasteiger partial charge in [0, 0.05) is 58.0 Å². The molecule has 26 unspecified atom stereocenters. The fourth-order valence-electron chi connectivity index (χ4n) is 15.2. The zero-order valence-corrected chi connectivity index (χ0v) is 44.8. The first kappa shape index (κ1) is 54.2. The lowest BCUT2D eigenvalue weighted by atomic mass is 9.73. The van der Waals surface area contributed by atoms with Crippen LogP contribution in [0.3, 0.4) is 0 Å². The number of hydrogen-bond acceptors (Lipinski definition) is 17. The molecule has 11 aliphatic heterocycles. The van der Waals surface area contributed by atoms with E-state index >= 15 is 0 Å². The van der Waals surface area contributed by atoms with Crippen LogP contribution in [0, 0.1) is 5.92 Å². The van der Waals surface area contributed by atoms with Gasteiger partial charge in [-0.3, -0.25) is 4.55 Å². The molecule has 11 rings (SSSR count). The van der Waals surface area contributed by atoms with E-state index in [1.54, 1.807) is 32.1 Å². The molecule has 18 nitrogen and oxygen atoms in total. The molecule has 0 aliphatic carbocycles. The number of ether oxygens (including phenoxy) is 11. The highest BCUT2D eigenvalue weighted by Gasteiger charge is 2.65. The van der Waals surface area contributed by atoms with E-state index in [2.05, 4.69) is 40.5 Å². The third kappa shape index (κ3) is 9.93. The third-order valence-corrected chi connectivity index (χ3v) is 19.9. The highest BCUT2D eigenvalue weighted by molar-refractivity contribution is 7.80. The zero-order chi connectivity index (χ0) is 52.5. The van der Waals surface area contributed by atoms with E-state index in [9.17, 15) is 28.3 Å². The Bertz CT molecular complexity index is 2280. The first-order valence-electron chi connectivity index (χ1n) is 27.5. The molecule has 74 heavy (non-hydrogen) atoms. The Kier molecular flexibility index (Phi) is 14.5. The van der Waals surface area contributed by atoms with Crippen LogP contribution >= 0.6 is 0 Å². The molecule has 11 aliphatic rings. The SMILES string of the molecule is C=CCC(=C)/C=C/C(C)(O)C1OC2CC3OC4CC5OC6CC7OC8CC9OC%10CC%11OC(C)(CCO)C(OS(=O)(=O)O)CC%11OC%10CC9OC8CCC7(C)OC6(C)CCC(C)C5OC4C(O)C3(C)OC2CC1=C. The third-order valence-electron chi connectivity index (χ3n) is 19.4. The lowest BCUT2D eigenvalue weighted by Gasteiger charge is -2.61. The monoisotopic (exact) mass is 1060 g/mol. The summed E-state index contributed by atoms with van der Waals surface area (Å²) in [6.07, 6.45) is 4.08. The van der Waals surface area contributed by atoms with Crippen LogP contribution in [0.1, 0.15) is 131 Å². The van der Waals surface area contributed by atoms with Crippen molar-refractivity contribution in [2.45, 2.75) is 282 Å². The zero-order valence-electron chi connectivity index (χ0n) is 44.0. The molecule has 0 saturated carbocycles. The first-order valence-corrected chi connectivity index (χ1v) is 28.9. The van der Waals surface area contributed by atoms with E-state index in [0.717, 1.165) is 31.3 Å². The molecule has 0 bridgehead atoms. The van der Waals surface area contributed by atoms with Crippen molar-refractivity contribution >= 4 is 10.4 Å². The highest BCUT2D eigenvalue weighted by Crippen LogP contribution is 2.54. The van der Waals surface area contributed by atoms with Gasteiger partial charge < -0.3 is 67.4 Å². The van der Waals surface area contributed by atoms with E-state index in [1.165, 1.54) is 0 Å². The summed E-state index contributed by atoms with van der Waals surface area (Å²) in [6.45, 7) is 23.8. The van der Waals surface area contributed by atoms with E-state index in [1.807, 2.05) is 6.92 Å². The van der Waals surface area contributed by atoms with Gasteiger partial charge in [0.1, 0.15) is 35.6 Å². The van der Waals surface area contributed by atoms with Crippen molar-refractivity contribution < 1.29 is 84.6 Å². The molecule has 26 atom stereocenters. The van der Waals surface area contributed by atoms with Crippen molar-refractivity contribution in [1.29, 1.82) is 0 Å². The molecule has 0 amide bonds. The number of allylic oxidation sites excluding steroid dienone is 3. The molecule has 0 spiro atoms. The van der Waals surface area contributed by atoms with Gasteiger partial charge in [0.2, 0.25) is 0 Å². The molecule has 11 fully saturated rings. The van der Waals surface area contributed by atoms with Crippen LogP contribution in [0.5, 0.6) is 0 Å². The van der Waals surface area contributed by atoms with Crippen molar-refractivity contribution in [3.8, 4) is 0 Å². The normalized spacial score (nSPS) is 52.9. The minimum atomic E-state index is -4.78. The second-order valence-corrected chi connectivity index (χ2v) is 26.0. The number of aliphatic hydroxyl groups excluding tert-OH is 2. The van der Waals surface area contributed by atoms with Crippen LogP contribution in [-0.2, 0) is 66.7 Å². The van der Waals surface area contributed by atoms with Gasteiger partial charge in [0.25, 0.3) is 0 Å². The number of rotatable bonds is 9. The van der Waals surface area contributed by atoms with Crippen molar-refractivity contribution in [1.82, 2.24) is 0 Å². The van der Waals surface area contributed by atoms with Crippen molar-refractivity contribution in [2.24, 2.45) is 5.92 Å². The summed E-state index contributed by atoms with van der Waals surface area (Å²) < 4.78 is 114. The Labute approximate surface area is 436 Å². The average Bonchev–Trinajstić information content (AvgIpc) is 3.47. The molecule has 11 saturated heterocycles.